The lowest BCUT2D eigenvalue weighted by Crippen LogP contribution is -2.48. The van der Waals surface area contributed by atoms with Crippen molar-refractivity contribution in [1.29, 1.82) is 0 Å². The molecule has 29 heavy (non-hydrogen) atoms. The van der Waals surface area contributed by atoms with Gasteiger partial charge in [-0.1, -0.05) is 50.0 Å². The van der Waals surface area contributed by atoms with Crippen LogP contribution in [0.1, 0.15) is 84.0 Å². The standard InChI is InChI=1S/C24H39N3O2/c1-2-3-5-9-18-14-16-20(17-15-18)26-27-22-13-8-12-21(23(22)28)24(29)25-19-10-6-4-7-11-19/h2-3,5,9,18-23,28H,4,6-8,10-17H2,1H3,(H,25,29)/b3-2+,9-5+,27-26?. The van der Waals surface area contributed by atoms with Gasteiger partial charge >= 0.3 is 0 Å². The molecule has 3 saturated carbocycles. The lowest BCUT2D eigenvalue weighted by Gasteiger charge is -2.33. The molecule has 162 valence electrons. The highest BCUT2D eigenvalue weighted by molar-refractivity contribution is 5.79. The van der Waals surface area contributed by atoms with Gasteiger partial charge in [-0.25, -0.2) is 0 Å². The largest absolute Gasteiger partial charge is 0.390 e. The van der Waals surface area contributed by atoms with Crippen LogP contribution in [-0.4, -0.2) is 35.2 Å². The number of hydrogen-bond acceptors (Lipinski definition) is 4. The molecule has 0 spiro atoms. The topological polar surface area (TPSA) is 74.0 Å². The number of aliphatic hydroxyl groups excluding tert-OH is 1. The van der Waals surface area contributed by atoms with E-state index in [-0.39, 0.29) is 23.9 Å². The summed E-state index contributed by atoms with van der Waals surface area (Å²) >= 11 is 0. The maximum Gasteiger partial charge on any atom is 0.226 e. The van der Waals surface area contributed by atoms with Gasteiger partial charge in [0, 0.05) is 6.04 Å². The lowest BCUT2D eigenvalue weighted by atomic mass is 9.82. The third-order valence-corrected chi connectivity index (χ3v) is 6.92. The molecule has 3 unspecified atom stereocenters. The number of hydrogen-bond donors (Lipinski definition) is 2. The fraction of sp³-hybridized carbons (Fsp3) is 0.792. The average molecular weight is 402 g/mol. The van der Waals surface area contributed by atoms with Crippen molar-refractivity contribution >= 4 is 5.91 Å². The minimum Gasteiger partial charge on any atom is -0.390 e. The van der Waals surface area contributed by atoms with E-state index in [9.17, 15) is 9.90 Å². The van der Waals surface area contributed by atoms with Crippen LogP contribution in [0.15, 0.2) is 34.5 Å². The molecule has 0 aromatic heterocycles. The SMILES string of the molecule is C/C=C/C=C/C1CCC(N=NC2CCCC(C(=O)NC3CCCCC3)C2O)CC1. The third kappa shape index (κ3) is 6.77. The molecule has 0 bridgehead atoms. The quantitative estimate of drug-likeness (QED) is 0.479. The highest BCUT2D eigenvalue weighted by Gasteiger charge is 2.37. The molecule has 3 fully saturated rings. The molecule has 5 nitrogen and oxygen atoms in total. The number of carbonyl (C=O) groups is 1. The van der Waals surface area contributed by atoms with Crippen molar-refractivity contribution in [2.75, 3.05) is 0 Å². The van der Waals surface area contributed by atoms with Crippen molar-refractivity contribution in [3.63, 3.8) is 0 Å². The zero-order chi connectivity index (χ0) is 20.5. The molecule has 5 heteroatoms. The van der Waals surface area contributed by atoms with Gasteiger partial charge in [0.05, 0.1) is 24.1 Å². The van der Waals surface area contributed by atoms with E-state index in [4.69, 9.17) is 0 Å². The number of amides is 1. The molecular weight excluding hydrogens is 362 g/mol. The van der Waals surface area contributed by atoms with Crippen LogP contribution in [-0.2, 0) is 4.79 Å². The van der Waals surface area contributed by atoms with Crippen molar-refractivity contribution < 1.29 is 9.90 Å². The van der Waals surface area contributed by atoms with Crippen LogP contribution in [0.25, 0.3) is 0 Å². The van der Waals surface area contributed by atoms with Gasteiger partial charge in [-0.2, -0.15) is 10.2 Å². The van der Waals surface area contributed by atoms with Gasteiger partial charge in [0.25, 0.3) is 0 Å². The predicted octanol–water partition coefficient (Wildman–Crippen LogP) is 5.11. The first-order chi connectivity index (χ1) is 14.2. The summed E-state index contributed by atoms with van der Waals surface area (Å²) in [6, 6.07) is 0.339. The van der Waals surface area contributed by atoms with Gasteiger partial charge in [-0.3, -0.25) is 4.79 Å². The van der Waals surface area contributed by atoms with Crippen LogP contribution in [0.3, 0.4) is 0 Å². The number of nitrogens with one attached hydrogen (secondary N) is 1. The van der Waals surface area contributed by atoms with E-state index in [1.807, 2.05) is 6.92 Å². The van der Waals surface area contributed by atoms with E-state index in [0.717, 1.165) is 57.8 Å². The zero-order valence-corrected chi connectivity index (χ0v) is 18.0. The van der Waals surface area contributed by atoms with Crippen molar-refractivity contribution in [3.05, 3.63) is 24.3 Å². The highest BCUT2D eigenvalue weighted by atomic mass is 16.3. The van der Waals surface area contributed by atoms with Gasteiger partial charge in [0.1, 0.15) is 0 Å². The van der Waals surface area contributed by atoms with E-state index >= 15 is 0 Å². The van der Waals surface area contributed by atoms with Gasteiger partial charge in [0.2, 0.25) is 5.91 Å². The molecule has 3 aliphatic carbocycles. The molecule has 3 rings (SSSR count). The Morgan fingerprint density at radius 1 is 0.897 bits per heavy atom. The fourth-order valence-electron chi connectivity index (χ4n) is 5.05. The van der Waals surface area contributed by atoms with Crippen LogP contribution in [0, 0.1) is 11.8 Å². The van der Waals surface area contributed by atoms with Crippen molar-refractivity contribution in [3.8, 4) is 0 Å². The summed E-state index contributed by atoms with van der Waals surface area (Å²) in [5, 5.41) is 23.1. The van der Waals surface area contributed by atoms with Crippen LogP contribution >= 0.6 is 0 Å². The van der Waals surface area contributed by atoms with E-state index in [1.165, 1.54) is 19.3 Å². The van der Waals surface area contributed by atoms with Crippen molar-refractivity contribution in [1.82, 2.24) is 5.32 Å². The monoisotopic (exact) mass is 401 g/mol. The first kappa shape index (κ1) is 22.2. The van der Waals surface area contributed by atoms with Gasteiger partial charge < -0.3 is 10.4 Å². The van der Waals surface area contributed by atoms with Crippen LogP contribution in [0.2, 0.25) is 0 Å². The van der Waals surface area contributed by atoms with Gasteiger partial charge in [0.15, 0.2) is 0 Å². The molecule has 2 N–H and O–H groups in total. The van der Waals surface area contributed by atoms with E-state index in [1.54, 1.807) is 0 Å². The van der Waals surface area contributed by atoms with E-state index < -0.39 is 6.10 Å². The van der Waals surface area contributed by atoms with E-state index in [2.05, 4.69) is 39.8 Å². The normalized spacial score (nSPS) is 34.9. The molecular formula is C24H39N3O2. The predicted molar refractivity (Wildman–Crippen MR) is 117 cm³/mol. The number of carbonyl (C=O) groups excluding carboxylic acids is 1. The smallest absolute Gasteiger partial charge is 0.226 e. The zero-order valence-electron chi connectivity index (χ0n) is 18.0. The maximum atomic E-state index is 12.7. The highest BCUT2D eigenvalue weighted by Crippen LogP contribution is 2.31. The van der Waals surface area contributed by atoms with Crippen LogP contribution in [0.5, 0.6) is 0 Å². The molecule has 3 aliphatic rings. The minimum absolute atomic E-state index is 0.0257. The lowest BCUT2D eigenvalue weighted by molar-refractivity contribution is -0.131. The summed E-state index contributed by atoms with van der Waals surface area (Å²) in [5.41, 5.74) is 0. The molecule has 0 saturated heterocycles. The summed E-state index contributed by atoms with van der Waals surface area (Å²) in [6.45, 7) is 2.03. The fourth-order valence-corrected chi connectivity index (χ4v) is 5.05. The maximum absolute atomic E-state index is 12.7. The summed E-state index contributed by atoms with van der Waals surface area (Å²) in [4.78, 5) is 12.7. The Bertz CT molecular complexity index is 587. The second-order valence-electron chi connectivity index (χ2n) is 9.15. The number of azo groups is 1. The molecule has 1 amide bonds. The number of allylic oxidation sites excluding steroid dienone is 4. The summed E-state index contributed by atoms with van der Waals surface area (Å²) in [5.74, 6) is 0.339. The minimum atomic E-state index is -0.698. The van der Waals surface area contributed by atoms with Crippen molar-refractivity contribution in [2.45, 2.75) is 108 Å². The number of nitrogens with zero attached hydrogens (tertiary/aromatic N) is 2. The Morgan fingerprint density at radius 2 is 1.66 bits per heavy atom. The Balaban J connectivity index is 1.46. The number of aliphatic hydroxyl groups is 1. The van der Waals surface area contributed by atoms with Crippen molar-refractivity contribution in [2.24, 2.45) is 22.1 Å². The first-order valence-corrected chi connectivity index (χ1v) is 11.8. The number of rotatable bonds is 6. The average Bonchev–Trinajstić information content (AvgIpc) is 2.75. The van der Waals surface area contributed by atoms with Gasteiger partial charge in [-0.05, 0) is 64.2 Å². The second kappa shape index (κ2) is 11.6. The Hall–Kier alpha value is -1.49. The molecule has 3 atom stereocenters. The second-order valence-corrected chi connectivity index (χ2v) is 9.15. The molecule has 0 radical (unpaired) electrons. The van der Waals surface area contributed by atoms with Gasteiger partial charge in [-0.15, -0.1) is 0 Å². The molecule has 0 heterocycles. The molecule has 0 aromatic carbocycles. The summed E-state index contributed by atoms with van der Waals surface area (Å²) < 4.78 is 0. The van der Waals surface area contributed by atoms with Crippen LogP contribution in [0.4, 0.5) is 0 Å². The molecule has 0 aliphatic heterocycles. The summed E-state index contributed by atoms with van der Waals surface area (Å²) in [7, 11) is 0. The Morgan fingerprint density at radius 3 is 2.38 bits per heavy atom. The first-order valence-electron chi connectivity index (χ1n) is 11.8. The van der Waals surface area contributed by atoms with Crippen LogP contribution < -0.4 is 5.32 Å². The van der Waals surface area contributed by atoms with E-state index in [0.29, 0.717) is 12.0 Å². The molecule has 0 aromatic rings. The summed E-state index contributed by atoms with van der Waals surface area (Å²) in [6.07, 6.45) is 20.6. The Labute approximate surface area is 176 Å². The Kier molecular flexibility index (Phi) is 8.91. The third-order valence-electron chi connectivity index (χ3n) is 6.92.